The van der Waals surface area contributed by atoms with Crippen molar-refractivity contribution < 1.29 is 26.4 Å². The number of hydrogen-bond donors (Lipinski definition) is 0. The number of halogens is 3. The molecule has 0 rings (SSSR count). The highest BCUT2D eigenvalue weighted by Gasteiger charge is 2.36. The van der Waals surface area contributed by atoms with Crippen LogP contribution in [0.4, 0.5) is 13.2 Å². The molecule has 1 amide bonds. The molecule has 0 aromatic rings. The Bertz CT molecular complexity index is 365. The van der Waals surface area contributed by atoms with Crippen LogP contribution in [-0.4, -0.2) is 62.6 Å². The highest BCUT2D eigenvalue weighted by molar-refractivity contribution is 7.89. The first-order chi connectivity index (χ1) is 7.49. The van der Waals surface area contributed by atoms with Gasteiger partial charge in [0.25, 0.3) is 0 Å². The lowest BCUT2D eigenvalue weighted by molar-refractivity contribution is -0.141. The number of alkyl halides is 3. The fourth-order valence-corrected chi connectivity index (χ4v) is 1.94. The second-order valence-corrected chi connectivity index (χ2v) is 5.83. The fraction of sp³-hybridized carbons (Fsp3) is 0.875. The molecule has 0 saturated heterocycles. The monoisotopic (exact) mass is 276 g/mol. The third kappa shape index (κ3) is 5.87. The van der Waals surface area contributed by atoms with Crippen LogP contribution in [0.2, 0.25) is 0 Å². The van der Waals surface area contributed by atoms with E-state index in [1.54, 1.807) is 0 Å². The molecule has 0 aromatic heterocycles. The second-order valence-electron chi connectivity index (χ2n) is 3.57. The molecule has 0 bridgehead atoms. The summed E-state index contributed by atoms with van der Waals surface area (Å²) in [5, 5.41) is 0. The van der Waals surface area contributed by atoms with Gasteiger partial charge in [-0.2, -0.15) is 17.5 Å². The minimum absolute atomic E-state index is 0.148. The summed E-state index contributed by atoms with van der Waals surface area (Å²) in [4.78, 5) is 12.3. The van der Waals surface area contributed by atoms with Crippen LogP contribution in [0.25, 0.3) is 0 Å². The van der Waals surface area contributed by atoms with E-state index in [2.05, 4.69) is 0 Å². The first kappa shape index (κ1) is 16.2. The summed E-state index contributed by atoms with van der Waals surface area (Å²) in [7, 11) is -1.38. The van der Waals surface area contributed by atoms with E-state index in [4.69, 9.17) is 0 Å². The van der Waals surface area contributed by atoms with Crippen molar-refractivity contribution in [2.24, 2.45) is 0 Å². The average molecular weight is 276 g/mol. The van der Waals surface area contributed by atoms with Gasteiger partial charge < -0.3 is 4.90 Å². The maximum absolute atomic E-state index is 12.2. The van der Waals surface area contributed by atoms with Gasteiger partial charge in [-0.3, -0.25) is 4.79 Å². The summed E-state index contributed by atoms with van der Waals surface area (Å²) in [5.74, 6) is -1.18. The minimum Gasteiger partial charge on any atom is -0.348 e. The van der Waals surface area contributed by atoms with E-state index in [9.17, 15) is 26.4 Å². The molecule has 5 nitrogen and oxygen atoms in total. The van der Waals surface area contributed by atoms with E-state index in [0.29, 0.717) is 0 Å². The molecule has 0 heterocycles. The summed E-state index contributed by atoms with van der Waals surface area (Å²) in [6, 6.07) is 0. The van der Waals surface area contributed by atoms with Gasteiger partial charge >= 0.3 is 6.18 Å². The predicted octanol–water partition coefficient (Wildman–Crippen LogP) is 0.289. The third-order valence-corrected chi connectivity index (χ3v) is 3.70. The summed E-state index contributed by atoms with van der Waals surface area (Å²) >= 11 is 0. The van der Waals surface area contributed by atoms with Crippen molar-refractivity contribution in [2.45, 2.75) is 13.1 Å². The van der Waals surface area contributed by atoms with E-state index in [0.717, 1.165) is 4.90 Å². The summed E-state index contributed by atoms with van der Waals surface area (Å²) in [6.45, 7) is -1.23. The summed E-state index contributed by atoms with van der Waals surface area (Å²) in [5.41, 5.74) is 0. The average Bonchev–Trinajstić information content (AvgIpc) is 2.14. The molecule has 0 aliphatic rings. The Kier molecular flexibility index (Phi) is 5.40. The van der Waals surface area contributed by atoms with Crippen LogP contribution in [-0.2, 0) is 14.8 Å². The van der Waals surface area contributed by atoms with E-state index >= 15 is 0 Å². The second kappa shape index (κ2) is 5.67. The van der Waals surface area contributed by atoms with Gasteiger partial charge in [0.05, 0.1) is 12.3 Å². The summed E-state index contributed by atoms with van der Waals surface area (Å²) in [6.07, 6.45) is -4.67. The molecule has 0 unspecified atom stereocenters. The van der Waals surface area contributed by atoms with Crippen molar-refractivity contribution >= 4 is 15.9 Å². The number of sulfonamides is 1. The van der Waals surface area contributed by atoms with Gasteiger partial charge in [-0.1, -0.05) is 0 Å². The smallest absolute Gasteiger partial charge is 0.348 e. The number of rotatable bonds is 5. The molecule has 9 heteroatoms. The van der Waals surface area contributed by atoms with Crippen molar-refractivity contribution in [3.63, 3.8) is 0 Å². The number of carbonyl (C=O) groups excluding carboxylic acids is 1. The van der Waals surface area contributed by atoms with Crippen molar-refractivity contribution in [3.8, 4) is 0 Å². The molecule has 0 spiro atoms. The van der Waals surface area contributed by atoms with Crippen LogP contribution in [0, 0.1) is 0 Å². The first-order valence-corrected chi connectivity index (χ1v) is 6.35. The van der Waals surface area contributed by atoms with Gasteiger partial charge in [-0.05, 0) is 6.92 Å². The fourth-order valence-electron chi connectivity index (χ4n) is 0.927. The zero-order valence-corrected chi connectivity index (χ0v) is 10.6. The normalized spacial score (nSPS) is 12.9. The number of carbonyl (C=O) groups is 1. The van der Waals surface area contributed by atoms with Gasteiger partial charge in [0, 0.05) is 14.1 Å². The Morgan fingerprint density at radius 3 is 2.00 bits per heavy atom. The Balaban J connectivity index is 4.95. The molecule has 0 radical (unpaired) electrons. The standard InChI is InChI=1S/C8H15F3N2O3S/c1-4-17(15,16)13(6-8(9,10)11)5-7(14)12(2)3/h4-6H2,1-3H3. The SMILES string of the molecule is CCS(=O)(=O)N(CC(=O)N(C)C)CC(F)(F)F. The van der Waals surface area contributed by atoms with Crippen molar-refractivity contribution in [1.29, 1.82) is 0 Å². The molecule has 0 aliphatic heterocycles. The molecule has 0 atom stereocenters. The third-order valence-electron chi connectivity index (χ3n) is 1.92. The Labute approximate surface area is 98.2 Å². The van der Waals surface area contributed by atoms with Crippen LogP contribution in [0.3, 0.4) is 0 Å². The van der Waals surface area contributed by atoms with Crippen LogP contribution in [0.5, 0.6) is 0 Å². The highest BCUT2D eigenvalue weighted by Crippen LogP contribution is 2.18. The quantitative estimate of drug-likeness (QED) is 0.725. The maximum atomic E-state index is 12.2. The molecule has 0 aromatic carbocycles. The maximum Gasteiger partial charge on any atom is 0.402 e. The molecular weight excluding hydrogens is 261 g/mol. The molecule has 0 aliphatic carbocycles. The zero-order valence-electron chi connectivity index (χ0n) is 9.78. The number of amides is 1. The lowest BCUT2D eigenvalue weighted by Gasteiger charge is -2.23. The lowest BCUT2D eigenvalue weighted by atomic mass is 10.5. The van der Waals surface area contributed by atoms with E-state index < -0.39 is 40.9 Å². The van der Waals surface area contributed by atoms with Crippen LogP contribution >= 0.6 is 0 Å². The van der Waals surface area contributed by atoms with E-state index in [1.165, 1.54) is 21.0 Å². The van der Waals surface area contributed by atoms with Crippen molar-refractivity contribution in [3.05, 3.63) is 0 Å². The number of likely N-dealkylation sites (N-methyl/N-ethyl adjacent to an activating group) is 1. The van der Waals surface area contributed by atoms with E-state index in [1.807, 2.05) is 0 Å². The molecule has 17 heavy (non-hydrogen) atoms. The molecular formula is C8H15F3N2O3S. The van der Waals surface area contributed by atoms with Gasteiger partial charge in [-0.25, -0.2) is 8.42 Å². The van der Waals surface area contributed by atoms with E-state index in [-0.39, 0.29) is 4.31 Å². The molecule has 0 saturated carbocycles. The Hall–Kier alpha value is -0.830. The van der Waals surface area contributed by atoms with Gasteiger partial charge in [0.15, 0.2) is 0 Å². The first-order valence-electron chi connectivity index (χ1n) is 4.74. The van der Waals surface area contributed by atoms with Crippen LogP contribution < -0.4 is 0 Å². The highest BCUT2D eigenvalue weighted by atomic mass is 32.2. The minimum atomic E-state index is -4.67. The van der Waals surface area contributed by atoms with Gasteiger partial charge in [0.1, 0.15) is 6.54 Å². The van der Waals surface area contributed by atoms with Crippen LogP contribution in [0.15, 0.2) is 0 Å². The number of nitrogens with zero attached hydrogens (tertiary/aromatic N) is 2. The van der Waals surface area contributed by atoms with Gasteiger partial charge in [-0.15, -0.1) is 0 Å². The largest absolute Gasteiger partial charge is 0.402 e. The topological polar surface area (TPSA) is 57.7 Å². The Morgan fingerprint density at radius 1 is 1.24 bits per heavy atom. The zero-order chi connectivity index (χ0) is 13.9. The lowest BCUT2D eigenvalue weighted by Crippen LogP contribution is -2.45. The summed E-state index contributed by atoms with van der Waals surface area (Å²) < 4.78 is 59.5. The van der Waals surface area contributed by atoms with Crippen molar-refractivity contribution in [2.75, 3.05) is 32.9 Å². The van der Waals surface area contributed by atoms with Crippen LogP contribution in [0.1, 0.15) is 6.92 Å². The molecule has 0 N–H and O–H groups in total. The number of hydrogen-bond acceptors (Lipinski definition) is 3. The predicted molar refractivity (Wildman–Crippen MR) is 55.8 cm³/mol. The molecule has 0 fully saturated rings. The van der Waals surface area contributed by atoms with Crippen molar-refractivity contribution in [1.82, 2.24) is 9.21 Å². The van der Waals surface area contributed by atoms with Gasteiger partial charge in [0.2, 0.25) is 15.9 Å². The molecule has 102 valence electrons. The Morgan fingerprint density at radius 2 is 1.71 bits per heavy atom.